The van der Waals surface area contributed by atoms with E-state index in [1.807, 2.05) is 11.8 Å². The smallest absolute Gasteiger partial charge is 0.251 e. The largest absolute Gasteiger partial charge is 0.391 e. The zero-order valence-corrected chi connectivity index (χ0v) is 14.3. The van der Waals surface area contributed by atoms with Gasteiger partial charge in [-0.25, -0.2) is 0 Å². The van der Waals surface area contributed by atoms with E-state index < -0.39 is 0 Å². The van der Waals surface area contributed by atoms with Crippen LogP contribution in [0.4, 0.5) is 0 Å². The molecule has 1 N–H and O–H groups in total. The average molecular weight is 312 g/mol. The number of amides is 1. The summed E-state index contributed by atoms with van der Waals surface area (Å²) < 4.78 is 5.67. The second kappa shape index (κ2) is 8.27. The Kier molecular flexibility index (Phi) is 6.66. The van der Waals surface area contributed by atoms with Crippen LogP contribution in [-0.4, -0.2) is 71.8 Å². The Bertz CT molecular complexity index is 354. The maximum Gasteiger partial charge on any atom is 0.251 e. The third kappa shape index (κ3) is 4.67. The number of carbonyl (C=O) groups excluding carboxylic acids is 1. The highest BCUT2D eigenvalue weighted by Crippen LogP contribution is 2.25. The predicted octanol–water partition coefficient (Wildman–Crippen LogP) is 1.50. The van der Waals surface area contributed by atoms with Gasteiger partial charge in [0.1, 0.15) is 6.10 Å². The summed E-state index contributed by atoms with van der Waals surface area (Å²) in [5, 5.41) is 10.0. The van der Waals surface area contributed by atoms with E-state index >= 15 is 0 Å². The van der Waals surface area contributed by atoms with E-state index in [4.69, 9.17) is 4.74 Å². The summed E-state index contributed by atoms with van der Waals surface area (Å²) >= 11 is 0. The molecule has 0 aromatic rings. The minimum atomic E-state index is -0.345. The first kappa shape index (κ1) is 17.7. The minimum absolute atomic E-state index is 0.107. The minimum Gasteiger partial charge on any atom is -0.391 e. The second-order valence-corrected chi connectivity index (χ2v) is 7.12. The van der Waals surface area contributed by atoms with E-state index in [2.05, 4.69) is 18.7 Å². The Hall–Kier alpha value is -0.650. The van der Waals surface area contributed by atoms with E-state index in [1.165, 1.54) is 0 Å². The molecule has 2 fully saturated rings. The van der Waals surface area contributed by atoms with Crippen LogP contribution in [0.1, 0.15) is 46.5 Å². The molecule has 1 saturated heterocycles. The van der Waals surface area contributed by atoms with E-state index in [0.717, 1.165) is 51.9 Å². The van der Waals surface area contributed by atoms with Gasteiger partial charge in [-0.05, 0) is 38.5 Å². The second-order valence-electron chi connectivity index (χ2n) is 7.12. The van der Waals surface area contributed by atoms with E-state index in [-0.39, 0.29) is 18.1 Å². The molecular formula is C17H32N2O3. The summed E-state index contributed by atoms with van der Waals surface area (Å²) in [5.41, 5.74) is 0. The van der Waals surface area contributed by atoms with Crippen molar-refractivity contribution < 1.29 is 14.6 Å². The summed E-state index contributed by atoms with van der Waals surface area (Å²) in [6.45, 7) is 10.1. The van der Waals surface area contributed by atoms with Crippen molar-refractivity contribution in [2.45, 2.75) is 64.7 Å². The Morgan fingerprint density at radius 2 is 1.86 bits per heavy atom. The van der Waals surface area contributed by atoms with Crippen molar-refractivity contribution in [1.29, 1.82) is 0 Å². The van der Waals surface area contributed by atoms with Gasteiger partial charge in [-0.15, -0.1) is 0 Å². The number of aliphatic hydroxyl groups is 1. The topological polar surface area (TPSA) is 53.0 Å². The average Bonchev–Trinajstić information content (AvgIpc) is 2.92. The number of nitrogens with zero attached hydrogens (tertiary/aromatic N) is 2. The highest BCUT2D eigenvalue weighted by atomic mass is 16.5. The number of ether oxygens (including phenoxy) is 1. The molecule has 0 unspecified atom stereocenters. The predicted molar refractivity (Wildman–Crippen MR) is 86.7 cm³/mol. The summed E-state index contributed by atoms with van der Waals surface area (Å²) in [7, 11) is 0. The fourth-order valence-corrected chi connectivity index (χ4v) is 3.43. The number of piperazine rings is 1. The van der Waals surface area contributed by atoms with Crippen molar-refractivity contribution in [1.82, 2.24) is 9.80 Å². The van der Waals surface area contributed by atoms with Gasteiger partial charge in [-0.3, -0.25) is 9.69 Å². The van der Waals surface area contributed by atoms with Gasteiger partial charge in [0, 0.05) is 38.8 Å². The van der Waals surface area contributed by atoms with Crippen molar-refractivity contribution in [3.63, 3.8) is 0 Å². The number of hydrogen-bond acceptors (Lipinski definition) is 4. The first-order valence-electron chi connectivity index (χ1n) is 8.81. The lowest BCUT2D eigenvalue weighted by molar-refractivity contribution is -0.145. The molecule has 1 amide bonds. The van der Waals surface area contributed by atoms with Crippen molar-refractivity contribution >= 4 is 5.91 Å². The van der Waals surface area contributed by atoms with Crippen LogP contribution in [0.2, 0.25) is 0 Å². The molecule has 1 aliphatic heterocycles. The van der Waals surface area contributed by atoms with Gasteiger partial charge in [0.25, 0.3) is 5.91 Å². The molecule has 0 aromatic carbocycles. The summed E-state index contributed by atoms with van der Waals surface area (Å²) in [4.78, 5) is 16.7. The molecule has 3 atom stereocenters. The van der Waals surface area contributed by atoms with Crippen LogP contribution in [0.3, 0.4) is 0 Å². The number of hydrogen-bond donors (Lipinski definition) is 1. The van der Waals surface area contributed by atoms with Gasteiger partial charge in [-0.2, -0.15) is 0 Å². The van der Waals surface area contributed by atoms with Crippen molar-refractivity contribution in [2.75, 3.05) is 32.8 Å². The van der Waals surface area contributed by atoms with Crippen LogP contribution < -0.4 is 0 Å². The van der Waals surface area contributed by atoms with Crippen LogP contribution in [0.15, 0.2) is 0 Å². The van der Waals surface area contributed by atoms with Crippen LogP contribution in [0.5, 0.6) is 0 Å². The molecule has 2 aliphatic rings. The van der Waals surface area contributed by atoms with Crippen molar-refractivity contribution in [3.8, 4) is 0 Å². The Morgan fingerprint density at radius 1 is 1.18 bits per heavy atom. The lowest BCUT2D eigenvalue weighted by Crippen LogP contribution is -2.55. The first-order chi connectivity index (χ1) is 10.5. The van der Waals surface area contributed by atoms with Gasteiger partial charge in [0.2, 0.25) is 0 Å². The molecule has 5 nitrogen and oxygen atoms in total. The highest BCUT2D eigenvalue weighted by Gasteiger charge is 2.34. The normalized spacial score (nSPS) is 28.3. The molecule has 0 spiro atoms. The molecule has 0 bridgehead atoms. The third-order valence-corrected chi connectivity index (χ3v) is 4.95. The molecule has 0 aromatic heterocycles. The standard InChI is InChI=1S/C17H32N2O3/c1-13(2)7-12-22-14(3)17(21)19-10-8-18(9-11-19)15-5-4-6-16(15)20/h13-16,20H,4-12H2,1-3H3/t14-,15-,16+/m1/s1. The van der Waals surface area contributed by atoms with Gasteiger partial charge in [0.05, 0.1) is 6.10 Å². The summed E-state index contributed by atoms with van der Waals surface area (Å²) in [5.74, 6) is 0.707. The summed E-state index contributed by atoms with van der Waals surface area (Å²) in [6, 6.07) is 0.303. The third-order valence-electron chi connectivity index (χ3n) is 4.95. The van der Waals surface area contributed by atoms with Gasteiger partial charge >= 0.3 is 0 Å². The van der Waals surface area contributed by atoms with Crippen LogP contribution in [0, 0.1) is 5.92 Å². The lowest BCUT2D eigenvalue weighted by Gasteiger charge is -2.39. The van der Waals surface area contributed by atoms with Gasteiger partial charge in [-0.1, -0.05) is 13.8 Å². The maximum atomic E-state index is 12.4. The molecule has 2 rings (SSSR count). The van der Waals surface area contributed by atoms with Crippen molar-refractivity contribution in [2.24, 2.45) is 5.92 Å². The molecular weight excluding hydrogens is 280 g/mol. The molecule has 0 radical (unpaired) electrons. The van der Waals surface area contributed by atoms with Crippen LogP contribution >= 0.6 is 0 Å². The molecule has 1 saturated carbocycles. The van der Waals surface area contributed by atoms with E-state index in [9.17, 15) is 9.90 Å². The number of rotatable bonds is 6. The van der Waals surface area contributed by atoms with E-state index in [0.29, 0.717) is 18.6 Å². The summed E-state index contributed by atoms with van der Waals surface area (Å²) in [6.07, 6.45) is 3.59. The Labute approximate surface area is 134 Å². The molecule has 1 aliphatic carbocycles. The fraction of sp³-hybridized carbons (Fsp3) is 0.941. The quantitative estimate of drug-likeness (QED) is 0.807. The maximum absolute atomic E-state index is 12.4. The molecule has 1 heterocycles. The Balaban J connectivity index is 1.72. The van der Waals surface area contributed by atoms with Gasteiger partial charge < -0.3 is 14.7 Å². The molecule has 22 heavy (non-hydrogen) atoms. The van der Waals surface area contributed by atoms with Crippen LogP contribution in [0.25, 0.3) is 0 Å². The first-order valence-corrected chi connectivity index (χ1v) is 8.81. The van der Waals surface area contributed by atoms with Crippen LogP contribution in [-0.2, 0) is 9.53 Å². The molecule has 5 heteroatoms. The lowest BCUT2D eigenvalue weighted by atomic mass is 10.1. The fourth-order valence-electron chi connectivity index (χ4n) is 3.43. The van der Waals surface area contributed by atoms with Crippen molar-refractivity contribution in [3.05, 3.63) is 0 Å². The zero-order valence-electron chi connectivity index (χ0n) is 14.3. The zero-order chi connectivity index (χ0) is 16.1. The highest BCUT2D eigenvalue weighted by molar-refractivity contribution is 5.80. The Morgan fingerprint density at radius 3 is 2.41 bits per heavy atom. The molecule has 128 valence electrons. The van der Waals surface area contributed by atoms with E-state index in [1.54, 1.807) is 0 Å². The monoisotopic (exact) mass is 312 g/mol. The number of carbonyl (C=O) groups is 1. The number of aliphatic hydroxyl groups excluding tert-OH is 1. The SMILES string of the molecule is CC(C)CCO[C@H](C)C(=O)N1CCN([C@@H]2CCC[C@@H]2O)CC1. The van der Waals surface area contributed by atoms with Gasteiger partial charge in [0.15, 0.2) is 0 Å².